The van der Waals surface area contributed by atoms with Gasteiger partial charge in [-0.2, -0.15) is 0 Å². The molecule has 2 aliphatic rings. The fraction of sp³-hybridized carbons (Fsp3) is 1.00. The first-order valence-corrected chi connectivity index (χ1v) is 8.46. The summed E-state index contributed by atoms with van der Waals surface area (Å²) in [6.07, 6.45) is 7.53. The maximum atomic E-state index is 9.77. The van der Waals surface area contributed by atoms with Crippen molar-refractivity contribution in [1.29, 1.82) is 0 Å². The van der Waals surface area contributed by atoms with Crippen molar-refractivity contribution in [1.82, 2.24) is 10.2 Å². The van der Waals surface area contributed by atoms with E-state index in [0.717, 1.165) is 25.1 Å². The summed E-state index contributed by atoms with van der Waals surface area (Å²) in [5.74, 6) is 0.779. The van der Waals surface area contributed by atoms with Gasteiger partial charge in [-0.15, -0.1) is 0 Å². The van der Waals surface area contributed by atoms with Gasteiger partial charge in [-0.05, 0) is 64.6 Å². The number of piperidine rings is 1. The predicted molar refractivity (Wildman–Crippen MR) is 81.9 cm³/mol. The Bertz CT molecular complexity index is 259. The number of likely N-dealkylation sites (tertiary alicyclic amines) is 1. The highest BCUT2D eigenvalue weighted by Gasteiger charge is 2.21. The zero-order valence-corrected chi connectivity index (χ0v) is 13.0. The Morgan fingerprint density at radius 2 is 2.15 bits per heavy atom. The summed E-state index contributed by atoms with van der Waals surface area (Å²) in [7, 11) is 0. The van der Waals surface area contributed by atoms with Gasteiger partial charge in [0.05, 0.1) is 12.7 Å². The minimum absolute atomic E-state index is 0.359. The van der Waals surface area contributed by atoms with Crippen molar-refractivity contribution in [2.24, 2.45) is 5.92 Å². The molecule has 0 amide bonds. The minimum atomic E-state index is -0.359. The Morgan fingerprint density at radius 3 is 2.90 bits per heavy atom. The molecule has 4 nitrogen and oxygen atoms in total. The van der Waals surface area contributed by atoms with Crippen molar-refractivity contribution in [2.75, 3.05) is 39.4 Å². The van der Waals surface area contributed by atoms with Crippen LogP contribution in [0.5, 0.6) is 0 Å². The molecule has 1 saturated carbocycles. The largest absolute Gasteiger partial charge is 0.389 e. The molecule has 0 aromatic rings. The number of hydrogen-bond donors (Lipinski definition) is 2. The summed E-state index contributed by atoms with van der Waals surface area (Å²) in [6.45, 7) is 7.74. The molecular weight excluding hydrogens is 252 g/mol. The second-order valence-corrected chi connectivity index (χ2v) is 6.57. The third-order valence-electron chi connectivity index (χ3n) is 4.48. The van der Waals surface area contributed by atoms with E-state index >= 15 is 0 Å². The van der Waals surface area contributed by atoms with Crippen LogP contribution in [0.4, 0.5) is 0 Å². The Labute approximate surface area is 123 Å². The van der Waals surface area contributed by atoms with Crippen molar-refractivity contribution in [3.05, 3.63) is 0 Å². The lowest BCUT2D eigenvalue weighted by molar-refractivity contribution is 0.0325. The summed E-state index contributed by atoms with van der Waals surface area (Å²) in [5.41, 5.74) is 0. The first-order chi connectivity index (χ1) is 9.75. The number of aliphatic hydroxyl groups is 1. The number of aliphatic hydroxyl groups excluding tert-OH is 1. The summed E-state index contributed by atoms with van der Waals surface area (Å²) in [6, 6.07) is 0.755. The van der Waals surface area contributed by atoms with Gasteiger partial charge in [0, 0.05) is 19.2 Å². The van der Waals surface area contributed by atoms with Crippen LogP contribution in [0.1, 0.15) is 45.4 Å². The lowest BCUT2D eigenvalue weighted by Crippen LogP contribution is -2.39. The molecule has 2 atom stereocenters. The average Bonchev–Trinajstić information content (AvgIpc) is 3.24. The van der Waals surface area contributed by atoms with Gasteiger partial charge in [0.25, 0.3) is 0 Å². The molecule has 0 radical (unpaired) electrons. The molecule has 0 aromatic carbocycles. The van der Waals surface area contributed by atoms with Gasteiger partial charge in [-0.25, -0.2) is 0 Å². The smallest absolute Gasteiger partial charge is 0.0897 e. The van der Waals surface area contributed by atoms with E-state index in [1.807, 2.05) is 0 Å². The maximum absolute atomic E-state index is 9.77. The van der Waals surface area contributed by atoms with E-state index in [4.69, 9.17) is 4.74 Å². The van der Waals surface area contributed by atoms with Gasteiger partial charge < -0.3 is 20.1 Å². The lowest BCUT2D eigenvalue weighted by Gasteiger charge is -2.33. The molecule has 1 heterocycles. The normalized spacial score (nSPS) is 25.8. The molecule has 0 aromatic heterocycles. The van der Waals surface area contributed by atoms with Crippen LogP contribution < -0.4 is 5.32 Å². The minimum Gasteiger partial charge on any atom is -0.389 e. The molecule has 118 valence electrons. The quantitative estimate of drug-likeness (QED) is 0.599. The van der Waals surface area contributed by atoms with E-state index in [0.29, 0.717) is 13.2 Å². The standard InChI is InChI=1S/C16H32N2O2/c1-14-5-2-3-9-18(14)10-4-8-17-11-16(19)13-20-12-15-6-7-15/h14-17,19H,2-13H2,1H3. The highest BCUT2D eigenvalue weighted by molar-refractivity contribution is 4.74. The van der Waals surface area contributed by atoms with E-state index in [9.17, 15) is 5.11 Å². The van der Waals surface area contributed by atoms with Crippen LogP contribution in [-0.4, -0.2) is 61.5 Å². The molecule has 2 rings (SSSR count). The van der Waals surface area contributed by atoms with Crippen LogP contribution >= 0.6 is 0 Å². The van der Waals surface area contributed by atoms with Crippen molar-refractivity contribution in [3.63, 3.8) is 0 Å². The third kappa shape index (κ3) is 6.53. The van der Waals surface area contributed by atoms with Crippen molar-refractivity contribution >= 4 is 0 Å². The predicted octanol–water partition coefficient (Wildman–Crippen LogP) is 1.63. The monoisotopic (exact) mass is 284 g/mol. The average molecular weight is 284 g/mol. The van der Waals surface area contributed by atoms with Crippen molar-refractivity contribution in [3.8, 4) is 0 Å². The molecular formula is C16H32N2O2. The van der Waals surface area contributed by atoms with Crippen LogP contribution in [0.3, 0.4) is 0 Å². The Morgan fingerprint density at radius 1 is 1.30 bits per heavy atom. The molecule has 1 aliphatic carbocycles. The molecule has 1 saturated heterocycles. The second kappa shape index (κ2) is 8.98. The molecule has 4 heteroatoms. The van der Waals surface area contributed by atoms with Gasteiger partial charge in [0.1, 0.15) is 0 Å². The first kappa shape index (κ1) is 16.2. The summed E-state index contributed by atoms with van der Waals surface area (Å²) in [5, 5.41) is 13.1. The zero-order valence-electron chi connectivity index (χ0n) is 13.0. The van der Waals surface area contributed by atoms with Crippen molar-refractivity contribution in [2.45, 2.75) is 57.6 Å². The molecule has 0 bridgehead atoms. The van der Waals surface area contributed by atoms with Crippen LogP contribution in [0.2, 0.25) is 0 Å². The number of ether oxygens (including phenoxy) is 1. The molecule has 2 unspecified atom stereocenters. The van der Waals surface area contributed by atoms with E-state index in [2.05, 4.69) is 17.1 Å². The van der Waals surface area contributed by atoms with Gasteiger partial charge in [0.15, 0.2) is 0 Å². The van der Waals surface area contributed by atoms with Crippen LogP contribution in [0, 0.1) is 5.92 Å². The zero-order chi connectivity index (χ0) is 14.2. The molecule has 2 N–H and O–H groups in total. The Kier molecular flexibility index (Phi) is 7.28. The van der Waals surface area contributed by atoms with Gasteiger partial charge >= 0.3 is 0 Å². The third-order valence-corrected chi connectivity index (χ3v) is 4.48. The van der Waals surface area contributed by atoms with Crippen LogP contribution in [0.15, 0.2) is 0 Å². The SMILES string of the molecule is CC1CCCCN1CCCNCC(O)COCC1CC1. The summed E-state index contributed by atoms with van der Waals surface area (Å²) >= 11 is 0. The molecule has 0 spiro atoms. The summed E-state index contributed by atoms with van der Waals surface area (Å²) in [4.78, 5) is 2.60. The van der Waals surface area contributed by atoms with E-state index in [-0.39, 0.29) is 6.10 Å². The van der Waals surface area contributed by atoms with Gasteiger partial charge in [-0.1, -0.05) is 6.42 Å². The fourth-order valence-corrected chi connectivity index (χ4v) is 2.88. The number of nitrogens with one attached hydrogen (secondary N) is 1. The van der Waals surface area contributed by atoms with Gasteiger partial charge in [0.2, 0.25) is 0 Å². The van der Waals surface area contributed by atoms with Crippen LogP contribution in [0.25, 0.3) is 0 Å². The number of hydrogen-bond acceptors (Lipinski definition) is 4. The maximum Gasteiger partial charge on any atom is 0.0897 e. The molecule has 20 heavy (non-hydrogen) atoms. The van der Waals surface area contributed by atoms with Gasteiger partial charge in [-0.3, -0.25) is 0 Å². The van der Waals surface area contributed by atoms with E-state index < -0.39 is 0 Å². The van der Waals surface area contributed by atoms with Crippen LogP contribution in [-0.2, 0) is 4.74 Å². The highest BCUT2D eigenvalue weighted by Crippen LogP contribution is 2.28. The Balaban J connectivity index is 1.40. The molecule has 1 aliphatic heterocycles. The van der Waals surface area contributed by atoms with E-state index in [1.54, 1.807) is 0 Å². The topological polar surface area (TPSA) is 44.7 Å². The first-order valence-electron chi connectivity index (χ1n) is 8.46. The lowest BCUT2D eigenvalue weighted by atomic mass is 10.0. The highest BCUT2D eigenvalue weighted by atomic mass is 16.5. The van der Waals surface area contributed by atoms with Crippen molar-refractivity contribution < 1.29 is 9.84 Å². The molecule has 2 fully saturated rings. The number of rotatable bonds is 10. The number of nitrogens with zero attached hydrogens (tertiary/aromatic N) is 1. The Hall–Kier alpha value is -0.160. The summed E-state index contributed by atoms with van der Waals surface area (Å²) < 4.78 is 5.49. The fourth-order valence-electron chi connectivity index (χ4n) is 2.88. The van der Waals surface area contributed by atoms with E-state index in [1.165, 1.54) is 51.6 Å². The second-order valence-electron chi connectivity index (χ2n) is 6.57.